The fraction of sp³-hybridized carbons (Fsp3) is 0.312. The predicted molar refractivity (Wildman–Crippen MR) is 88.0 cm³/mol. The first-order valence-corrected chi connectivity index (χ1v) is 8.15. The summed E-state index contributed by atoms with van der Waals surface area (Å²) in [4.78, 5) is 17.3. The van der Waals surface area contributed by atoms with Gasteiger partial charge in [-0.2, -0.15) is 10.1 Å². The minimum Gasteiger partial charge on any atom is -0.316 e. The Morgan fingerprint density at radius 2 is 2.14 bits per heavy atom. The maximum atomic E-state index is 12.3. The van der Waals surface area contributed by atoms with E-state index in [0.717, 1.165) is 22.5 Å². The first-order valence-electron chi connectivity index (χ1n) is 7.34. The van der Waals surface area contributed by atoms with Crippen molar-refractivity contribution in [2.75, 3.05) is 0 Å². The summed E-state index contributed by atoms with van der Waals surface area (Å²) in [7, 11) is 1.79. The molecule has 0 aliphatic carbocycles. The van der Waals surface area contributed by atoms with Crippen molar-refractivity contribution >= 4 is 27.5 Å². The van der Waals surface area contributed by atoms with Gasteiger partial charge >= 0.3 is 0 Å². The van der Waals surface area contributed by atoms with Crippen LogP contribution in [0.1, 0.15) is 29.9 Å². The third-order valence-electron chi connectivity index (χ3n) is 3.61. The number of carbonyl (C=O) groups excluding carboxylic acids is 1. The van der Waals surface area contributed by atoms with E-state index in [2.05, 4.69) is 46.7 Å². The van der Waals surface area contributed by atoms with Gasteiger partial charge in [-0.1, -0.05) is 30.4 Å². The van der Waals surface area contributed by atoms with Gasteiger partial charge in [0.2, 0.25) is 0 Å². The quantitative estimate of drug-likeness (QED) is 0.746. The number of benzene rings is 1. The van der Waals surface area contributed by atoms with Crippen molar-refractivity contribution in [2.45, 2.75) is 26.8 Å². The summed E-state index contributed by atoms with van der Waals surface area (Å²) >= 11 is 1.55. The van der Waals surface area contributed by atoms with E-state index in [1.54, 1.807) is 35.3 Å². The Bertz CT molecular complexity index is 900. The van der Waals surface area contributed by atoms with Gasteiger partial charge in [0.05, 0.1) is 10.2 Å². The number of para-hydroxylation sites is 1. The van der Waals surface area contributed by atoms with E-state index >= 15 is 0 Å². The van der Waals surface area contributed by atoms with Gasteiger partial charge < -0.3 is 4.57 Å². The Kier molecular flexibility index (Phi) is 3.94. The Morgan fingerprint density at radius 3 is 2.77 bits per heavy atom. The maximum Gasteiger partial charge on any atom is 0.300 e. The highest BCUT2D eigenvalue weighted by molar-refractivity contribution is 7.16. The second-order valence-corrected chi connectivity index (χ2v) is 6.05. The largest absolute Gasteiger partial charge is 0.316 e. The lowest BCUT2D eigenvalue weighted by molar-refractivity contribution is 0.0992. The lowest BCUT2D eigenvalue weighted by Gasteiger charge is -2.04. The maximum absolute atomic E-state index is 12.3. The average molecular weight is 314 g/mol. The van der Waals surface area contributed by atoms with Crippen LogP contribution >= 0.6 is 11.3 Å². The average Bonchev–Trinajstić information content (AvgIpc) is 3.09. The Morgan fingerprint density at radius 1 is 1.32 bits per heavy atom. The number of hydrogen-bond acceptors (Lipinski definition) is 3. The highest BCUT2D eigenvalue weighted by Gasteiger charge is 2.12. The van der Waals surface area contributed by atoms with Crippen molar-refractivity contribution < 1.29 is 4.79 Å². The standard InChI is InChI=1S/C16H18N4OS/c1-4-11-7-6-8-13-14(11)20(5-2)16(22-13)17-15(21)12-9-10-19(3)18-12/h6-10H,4-5H2,1-3H3. The topological polar surface area (TPSA) is 52.2 Å². The molecule has 2 heterocycles. The van der Waals surface area contributed by atoms with Crippen LogP contribution in [-0.2, 0) is 20.0 Å². The lowest BCUT2D eigenvalue weighted by Crippen LogP contribution is -2.16. The summed E-state index contributed by atoms with van der Waals surface area (Å²) < 4.78 is 4.88. The summed E-state index contributed by atoms with van der Waals surface area (Å²) in [6, 6.07) is 7.95. The van der Waals surface area contributed by atoms with Crippen LogP contribution in [0.25, 0.3) is 10.2 Å². The Balaban J connectivity index is 2.18. The number of aryl methyl sites for hydroxylation is 3. The Labute approximate surface area is 132 Å². The zero-order valence-electron chi connectivity index (χ0n) is 12.9. The number of fused-ring (bicyclic) bond motifs is 1. The van der Waals surface area contributed by atoms with Crippen molar-refractivity contribution in [3.8, 4) is 0 Å². The highest BCUT2D eigenvalue weighted by atomic mass is 32.1. The fourth-order valence-corrected chi connectivity index (χ4v) is 3.68. The minimum atomic E-state index is -0.299. The molecule has 0 N–H and O–H groups in total. The molecule has 0 saturated carbocycles. The molecule has 22 heavy (non-hydrogen) atoms. The molecule has 3 aromatic rings. The monoisotopic (exact) mass is 314 g/mol. The van der Waals surface area contributed by atoms with Crippen molar-refractivity contribution in [1.29, 1.82) is 0 Å². The third kappa shape index (κ3) is 2.50. The molecule has 0 saturated heterocycles. The predicted octanol–water partition coefficient (Wildman–Crippen LogP) is 2.76. The number of hydrogen-bond donors (Lipinski definition) is 0. The number of carbonyl (C=O) groups is 1. The van der Waals surface area contributed by atoms with Crippen LogP contribution in [0.4, 0.5) is 0 Å². The minimum absolute atomic E-state index is 0.299. The molecule has 0 aliphatic rings. The Hall–Kier alpha value is -2.21. The van der Waals surface area contributed by atoms with E-state index in [1.807, 2.05) is 0 Å². The molecule has 0 unspecified atom stereocenters. The van der Waals surface area contributed by atoms with Crippen molar-refractivity contribution in [2.24, 2.45) is 12.0 Å². The SMILES string of the molecule is CCc1cccc2sc(=NC(=O)c3ccn(C)n3)n(CC)c12. The molecule has 6 heteroatoms. The smallest absolute Gasteiger partial charge is 0.300 e. The van der Waals surface area contributed by atoms with Crippen LogP contribution in [0.2, 0.25) is 0 Å². The summed E-state index contributed by atoms with van der Waals surface area (Å²) in [5.41, 5.74) is 2.84. The fourth-order valence-electron chi connectivity index (χ4n) is 2.54. The van der Waals surface area contributed by atoms with E-state index in [-0.39, 0.29) is 5.91 Å². The number of amides is 1. The second-order valence-electron chi connectivity index (χ2n) is 5.04. The molecule has 0 aliphatic heterocycles. The van der Waals surface area contributed by atoms with Gasteiger partial charge in [0.15, 0.2) is 10.5 Å². The molecule has 114 valence electrons. The number of rotatable bonds is 3. The summed E-state index contributed by atoms with van der Waals surface area (Å²) in [6.07, 6.45) is 2.71. The van der Waals surface area contributed by atoms with Crippen molar-refractivity contribution in [1.82, 2.24) is 14.3 Å². The van der Waals surface area contributed by atoms with Gasteiger partial charge in [0.25, 0.3) is 5.91 Å². The van der Waals surface area contributed by atoms with Gasteiger partial charge in [0, 0.05) is 19.8 Å². The number of aromatic nitrogens is 3. The summed E-state index contributed by atoms with van der Waals surface area (Å²) in [5, 5.41) is 4.12. The molecule has 1 aromatic carbocycles. The van der Waals surface area contributed by atoms with Crippen LogP contribution in [0.15, 0.2) is 35.5 Å². The summed E-state index contributed by atoms with van der Waals surface area (Å²) in [5.74, 6) is -0.299. The molecule has 5 nitrogen and oxygen atoms in total. The molecule has 0 spiro atoms. The van der Waals surface area contributed by atoms with Crippen LogP contribution in [0.5, 0.6) is 0 Å². The van der Waals surface area contributed by atoms with Gasteiger partial charge in [-0.3, -0.25) is 9.48 Å². The lowest BCUT2D eigenvalue weighted by atomic mass is 10.1. The zero-order valence-corrected chi connectivity index (χ0v) is 13.7. The van der Waals surface area contributed by atoms with Crippen molar-refractivity contribution in [3.05, 3.63) is 46.5 Å². The van der Waals surface area contributed by atoms with Crippen molar-refractivity contribution in [3.63, 3.8) is 0 Å². The van der Waals surface area contributed by atoms with E-state index in [4.69, 9.17) is 0 Å². The molecule has 1 amide bonds. The first kappa shape index (κ1) is 14.7. The van der Waals surface area contributed by atoms with Gasteiger partial charge in [-0.25, -0.2) is 0 Å². The van der Waals surface area contributed by atoms with Gasteiger partial charge in [-0.15, -0.1) is 0 Å². The van der Waals surface area contributed by atoms with Crippen LogP contribution in [-0.4, -0.2) is 20.3 Å². The molecular formula is C16H18N4OS. The molecular weight excluding hydrogens is 296 g/mol. The number of thiazole rings is 1. The highest BCUT2D eigenvalue weighted by Crippen LogP contribution is 2.22. The van der Waals surface area contributed by atoms with Crippen LogP contribution < -0.4 is 4.80 Å². The second kappa shape index (κ2) is 5.88. The van der Waals surface area contributed by atoms with Gasteiger partial charge in [0.1, 0.15) is 0 Å². The molecule has 0 atom stereocenters. The van der Waals surface area contributed by atoms with E-state index < -0.39 is 0 Å². The molecule has 0 radical (unpaired) electrons. The van der Waals surface area contributed by atoms with Crippen LogP contribution in [0.3, 0.4) is 0 Å². The summed E-state index contributed by atoms with van der Waals surface area (Å²) in [6.45, 7) is 5.00. The van der Waals surface area contributed by atoms with E-state index in [0.29, 0.717) is 5.69 Å². The zero-order chi connectivity index (χ0) is 15.7. The van der Waals surface area contributed by atoms with E-state index in [9.17, 15) is 4.79 Å². The molecule has 2 aromatic heterocycles. The first-order chi connectivity index (χ1) is 10.6. The molecule has 3 rings (SSSR count). The van der Waals surface area contributed by atoms with Gasteiger partial charge in [-0.05, 0) is 31.0 Å². The van der Waals surface area contributed by atoms with E-state index in [1.165, 1.54) is 11.1 Å². The third-order valence-corrected chi connectivity index (χ3v) is 4.66. The number of nitrogens with zero attached hydrogens (tertiary/aromatic N) is 4. The normalized spacial score (nSPS) is 12.2. The molecule has 0 bridgehead atoms. The molecule has 0 fully saturated rings. The van der Waals surface area contributed by atoms with Crippen LogP contribution in [0, 0.1) is 0 Å².